The zero-order valence-corrected chi connectivity index (χ0v) is 15.3. The van der Waals surface area contributed by atoms with Crippen LogP contribution < -0.4 is 5.32 Å². The first-order valence-corrected chi connectivity index (χ1v) is 8.90. The van der Waals surface area contributed by atoms with Gasteiger partial charge in [0.1, 0.15) is 5.52 Å². The van der Waals surface area contributed by atoms with Crippen LogP contribution in [0, 0.1) is 13.8 Å². The molecule has 0 aliphatic rings. The molecule has 0 spiro atoms. The van der Waals surface area contributed by atoms with Gasteiger partial charge in [-0.25, -0.2) is 4.98 Å². The number of hydrogen-bond acceptors (Lipinski definition) is 3. The first-order valence-electron chi connectivity index (χ1n) is 8.90. The van der Waals surface area contributed by atoms with Crippen molar-refractivity contribution in [1.82, 2.24) is 4.98 Å². The Bertz CT molecular complexity index is 1090. The second-order valence-corrected chi connectivity index (χ2v) is 6.77. The molecule has 1 aromatic heterocycles. The van der Waals surface area contributed by atoms with E-state index in [1.807, 2.05) is 80.6 Å². The summed E-state index contributed by atoms with van der Waals surface area (Å²) in [4.78, 5) is 16.8. The van der Waals surface area contributed by atoms with E-state index in [1.165, 1.54) is 0 Å². The van der Waals surface area contributed by atoms with E-state index in [-0.39, 0.29) is 5.91 Å². The molecule has 0 aliphatic heterocycles. The van der Waals surface area contributed by atoms with E-state index in [0.717, 1.165) is 33.5 Å². The lowest BCUT2D eigenvalue weighted by atomic mass is 10.1. The molecule has 0 saturated carbocycles. The Kier molecular flexibility index (Phi) is 4.47. The molecule has 134 valence electrons. The van der Waals surface area contributed by atoms with Crippen LogP contribution in [0.25, 0.3) is 11.1 Å². The van der Waals surface area contributed by atoms with Gasteiger partial charge in [0.05, 0.1) is 0 Å². The summed E-state index contributed by atoms with van der Waals surface area (Å²) in [6.45, 7) is 4.04. The summed E-state index contributed by atoms with van der Waals surface area (Å²) in [6.07, 6.45) is 0.611. The van der Waals surface area contributed by atoms with Crippen LogP contribution in [0.4, 0.5) is 5.69 Å². The monoisotopic (exact) mass is 356 g/mol. The number of aromatic nitrogens is 1. The van der Waals surface area contributed by atoms with E-state index in [9.17, 15) is 4.79 Å². The SMILES string of the molecule is Cc1ccc(C(=O)Nc2ccc(Cc3nc4cc(C)ccc4o3)cc2)cc1. The third-order valence-electron chi connectivity index (χ3n) is 4.47. The van der Waals surface area contributed by atoms with Gasteiger partial charge in [-0.05, 0) is 61.4 Å². The molecule has 1 amide bonds. The molecule has 1 N–H and O–H groups in total. The molecule has 3 aromatic carbocycles. The lowest BCUT2D eigenvalue weighted by Gasteiger charge is -2.06. The zero-order chi connectivity index (χ0) is 18.8. The number of benzene rings is 3. The van der Waals surface area contributed by atoms with Gasteiger partial charge in [-0.3, -0.25) is 4.79 Å². The van der Waals surface area contributed by atoms with Crippen molar-refractivity contribution in [3.05, 3.63) is 94.9 Å². The van der Waals surface area contributed by atoms with E-state index in [4.69, 9.17) is 4.42 Å². The summed E-state index contributed by atoms with van der Waals surface area (Å²) in [7, 11) is 0. The summed E-state index contributed by atoms with van der Waals surface area (Å²) < 4.78 is 5.81. The van der Waals surface area contributed by atoms with E-state index in [1.54, 1.807) is 0 Å². The summed E-state index contributed by atoms with van der Waals surface area (Å²) in [6, 6.07) is 21.2. The number of nitrogens with zero attached hydrogens (tertiary/aromatic N) is 1. The molecule has 4 heteroatoms. The largest absolute Gasteiger partial charge is 0.440 e. The number of anilines is 1. The van der Waals surface area contributed by atoms with Gasteiger partial charge >= 0.3 is 0 Å². The Morgan fingerprint density at radius 1 is 0.926 bits per heavy atom. The number of fused-ring (bicyclic) bond motifs is 1. The predicted octanol–water partition coefficient (Wildman–Crippen LogP) is 5.29. The summed E-state index contributed by atoms with van der Waals surface area (Å²) in [5.74, 6) is 0.573. The highest BCUT2D eigenvalue weighted by Crippen LogP contribution is 2.20. The minimum absolute atomic E-state index is 0.114. The number of oxazole rings is 1. The molecule has 0 aliphatic carbocycles. The van der Waals surface area contributed by atoms with Crippen molar-refractivity contribution in [3.8, 4) is 0 Å². The smallest absolute Gasteiger partial charge is 0.255 e. The van der Waals surface area contributed by atoms with Crippen molar-refractivity contribution in [2.24, 2.45) is 0 Å². The van der Waals surface area contributed by atoms with Gasteiger partial charge in [-0.15, -0.1) is 0 Å². The molecule has 27 heavy (non-hydrogen) atoms. The van der Waals surface area contributed by atoms with Crippen molar-refractivity contribution in [2.45, 2.75) is 20.3 Å². The minimum atomic E-state index is -0.114. The second kappa shape index (κ2) is 7.08. The van der Waals surface area contributed by atoms with Gasteiger partial charge in [0.15, 0.2) is 11.5 Å². The van der Waals surface area contributed by atoms with Gasteiger partial charge in [-0.2, -0.15) is 0 Å². The van der Waals surface area contributed by atoms with Crippen LogP contribution in [-0.2, 0) is 6.42 Å². The van der Waals surface area contributed by atoms with Crippen LogP contribution >= 0.6 is 0 Å². The molecule has 1 heterocycles. The second-order valence-electron chi connectivity index (χ2n) is 6.77. The van der Waals surface area contributed by atoms with Crippen molar-refractivity contribution >= 4 is 22.7 Å². The molecule has 0 bridgehead atoms. The molecule has 0 unspecified atom stereocenters. The van der Waals surface area contributed by atoms with Crippen molar-refractivity contribution in [3.63, 3.8) is 0 Å². The zero-order valence-electron chi connectivity index (χ0n) is 15.3. The van der Waals surface area contributed by atoms with Crippen LogP contribution in [0.5, 0.6) is 0 Å². The van der Waals surface area contributed by atoms with E-state index >= 15 is 0 Å². The van der Waals surface area contributed by atoms with Gasteiger partial charge in [0.2, 0.25) is 0 Å². The van der Waals surface area contributed by atoms with Crippen LogP contribution in [0.3, 0.4) is 0 Å². The number of carbonyl (C=O) groups excluding carboxylic acids is 1. The standard InChI is InChI=1S/C23H20N2O2/c1-15-3-8-18(9-4-15)23(26)24-19-10-6-17(7-11-19)14-22-25-20-13-16(2)5-12-21(20)27-22/h3-13H,14H2,1-2H3,(H,24,26). The molecule has 0 saturated heterocycles. The third kappa shape index (κ3) is 3.90. The van der Waals surface area contributed by atoms with Gasteiger partial charge in [0.25, 0.3) is 5.91 Å². The number of rotatable bonds is 4. The first-order chi connectivity index (χ1) is 13.1. The quantitative estimate of drug-likeness (QED) is 0.541. The maximum Gasteiger partial charge on any atom is 0.255 e. The molecule has 0 radical (unpaired) electrons. The molecule has 4 nitrogen and oxygen atoms in total. The fraction of sp³-hybridized carbons (Fsp3) is 0.130. The van der Waals surface area contributed by atoms with Crippen LogP contribution in [0.2, 0.25) is 0 Å². The molecule has 4 rings (SSSR count). The van der Waals surface area contributed by atoms with Gasteiger partial charge < -0.3 is 9.73 Å². The number of amides is 1. The fourth-order valence-electron chi connectivity index (χ4n) is 2.95. The Hall–Kier alpha value is -3.40. The molecular weight excluding hydrogens is 336 g/mol. The first kappa shape index (κ1) is 17.0. The average molecular weight is 356 g/mol. The van der Waals surface area contributed by atoms with E-state index in [2.05, 4.69) is 10.3 Å². The van der Waals surface area contributed by atoms with Crippen LogP contribution in [0.15, 0.2) is 71.1 Å². The molecular formula is C23H20N2O2. The Morgan fingerprint density at radius 3 is 2.37 bits per heavy atom. The summed E-state index contributed by atoms with van der Waals surface area (Å²) in [5.41, 5.74) is 6.46. The van der Waals surface area contributed by atoms with Crippen LogP contribution in [0.1, 0.15) is 32.9 Å². The number of nitrogens with one attached hydrogen (secondary N) is 1. The topological polar surface area (TPSA) is 55.1 Å². The number of carbonyl (C=O) groups is 1. The maximum atomic E-state index is 12.3. The molecule has 0 fully saturated rings. The lowest BCUT2D eigenvalue weighted by Crippen LogP contribution is -2.11. The Balaban J connectivity index is 1.45. The highest BCUT2D eigenvalue weighted by atomic mass is 16.3. The third-order valence-corrected chi connectivity index (χ3v) is 4.47. The number of aryl methyl sites for hydroxylation is 2. The highest BCUT2D eigenvalue weighted by molar-refractivity contribution is 6.04. The maximum absolute atomic E-state index is 12.3. The number of hydrogen-bond donors (Lipinski definition) is 1. The summed E-state index contributed by atoms with van der Waals surface area (Å²) in [5, 5.41) is 2.92. The summed E-state index contributed by atoms with van der Waals surface area (Å²) >= 11 is 0. The van der Waals surface area contributed by atoms with Gasteiger partial charge in [0, 0.05) is 17.7 Å². The molecule has 4 aromatic rings. The highest BCUT2D eigenvalue weighted by Gasteiger charge is 2.08. The van der Waals surface area contributed by atoms with Crippen molar-refractivity contribution in [2.75, 3.05) is 5.32 Å². The van der Waals surface area contributed by atoms with Crippen molar-refractivity contribution < 1.29 is 9.21 Å². The Morgan fingerprint density at radius 2 is 1.63 bits per heavy atom. The lowest BCUT2D eigenvalue weighted by molar-refractivity contribution is 0.102. The van der Waals surface area contributed by atoms with E-state index < -0.39 is 0 Å². The fourth-order valence-corrected chi connectivity index (χ4v) is 2.95. The van der Waals surface area contributed by atoms with Crippen LogP contribution in [-0.4, -0.2) is 10.9 Å². The van der Waals surface area contributed by atoms with Gasteiger partial charge in [-0.1, -0.05) is 35.9 Å². The minimum Gasteiger partial charge on any atom is -0.440 e. The predicted molar refractivity (Wildman–Crippen MR) is 107 cm³/mol. The normalized spacial score (nSPS) is 10.9. The van der Waals surface area contributed by atoms with E-state index in [0.29, 0.717) is 17.9 Å². The average Bonchev–Trinajstić information content (AvgIpc) is 3.05. The Labute approximate surface area is 157 Å². The van der Waals surface area contributed by atoms with Crippen molar-refractivity contribution in [1.29, 1.82) is 0 Å². The molecule has 0 atom stereocenters.